The van der Waals surface area contributed by atoms with Gasteiger partial charge in [0.15, 0.2) is 5.78 Å². The quantitative estimate of drug-likeness (QED) is 0.823. The molecule has 0 aliphatic heterocycles. The molecule has 0 aromatic heterocycles. The number of rotatable bonds is 3. The molecule has 104 valence electrons. The van der Waals surface area contributed by atoms with E-state index in [1.165, 1.54) is 12.1 Å². The van der Waals surface area contributed by atoms with Crippen molar-refractivity contribution in [2.45, 2.75) is 39.3 Å². The standard InChI is InChI=1S/C14H19NO4/c1-9(15-13(18)19-14(2,3)4)12(17)10-6-5-7-11(16)8-10/h5-9,16H,1-4H3,(H,15,18). The first-order valence-electron chi connectivity index (χ1n) is 6.02. The van der Waals surface area contributed by atoms with Gasteiger partial charge >= 0.3 is 6.09 Å². The number of carbonyl (C=O) groups excluding carboxylic acids is 2. The Kier molecular flexibility index (Phi) is 4.53. The number of carbonyl (C=O) groups is 2. The van der Waals surface area contributed by atoms with Gasteiger partial charge in [0.1, 0.15) is 11.4 Å². The topological polar surface area (TPSA) is 75.6 Å². The Morgan fingerprint density at radius 1 is 1.32 bits per heavy atom. The summed E-state index contributed by atoms with van der Waals surface area (Å²) < 4.78 is 5.07. The third kappa shape index (κ3) is 4.99. The molecule has 0 heterocycles. The van der Waals surface area contributed by atoms with Gasteiger partial charge in [-0.15, -0.1) is 0 Å². The molecule has 1 atom stereocenters. The smallest absolute Gasteiger partial charge is 0.408 e. The average molecular weight is 265 g/mol. The van der Waals surface area contributed by atoms with Crippen molar-refractivity contribution < 1.29 is 19.4 Å². The number of amides is 1. The second kappa shape index (κ2) is 5.73. The van der Waals surface area contributed by atoms with Crippen LogP contribution in [-0.2, 0) is 4.74 Å². The summed E-state index contributed by atoms with van der Waals surface area (Å²) in [5.41, 5.74) is -0.277. The summed E-state index contributed by atoms with van der Waals surface area (Å²) in [6.07, 6.45) is -0.645. The number of benzene rings is 1. The van der Waals surface area contributed by atoms with Crippen molar-refractivity contribution in [3.8, 4) is 5.75 Å². The minimum atomic E-state index is -0.725. The molecular weight excluding hydrogens is 246 g/mol. The van der Waals surface area contributed by atoms with Gasteiger partial charge in [0.25, 0.3) is 0 Å². The predicted octanol–water partition coefficient (Wildman–Crippen LogP) is 2.49. The molecule has 5 nitrogen and oxygen atoms in total. The summed E-state index contributed by atoms with van der Waals surface area (Å²) in [5.74, 6) is -0.280. The number of hydrogen-bond acceptors (Lipinski definition) is 4. The fourth-order valence-corrected chi connectivity index (χ4v) is 1.46. The summed E-state index contributed by atoms with van der Waals surface area (Å²) in [6, 6.07) is 5.26. The second-order valence-corrected chi connectivity index (χ2v) is 5.28. The van der Waals surface area contributed by atoms with E-state index in [9.17, 15) is 14.7 Å². The maximum Gasteiger partial charge on any atom is 0.408 e. The molecule has 0 spiro atoms. The van der Waals surface area contributed by atoms with Gasteiger partial charge in [-0.2, -0.15) is 0 Å². The minimum Gasteiger partial charge on any atom is -0.508 e. The highest BCUT2D eigenvalue weighted by atomic mass is 16.6. The maximum atomic E-state index is 12.0. The first-order chi connectivity index (χ1) is 8.69. The van der Waals surface area contributed by atoms with Crippen LogP contribution in [0.5, 0.6) is 5.75 Å². The van der Waals surface area contributed by atoms with Gasteiger partial charge in [-0.1, -0.05) is 12.1 Å². The lowest BCUT2D eigenvalue weighted by Gasteiger charge is -2.21. The van der Waals surface area contributed by atoms with Crippen LogP contribution in [0.3, 0.4) is 0 Å². The molecule has 0 bridgehead atoms. The van der Waals surface area contributed by atoms with Gasteiger partial charge in [-0.25, -0.2) is 4.79 Å². The van der Waals surface area contributed by atoms with E-state index < -0.39 is 17.7 Å². The number of aromatic hydroxyl groups is 1. The Morgan fingerprint density at radius 3 is 2.47 bits per heavy atom. The molecule has 0 aliphatic carbocycles. The summed E-state index contributed by atoms with van der Waals surface area (Å²) in [7, 11) is 0. The number of ketones is 1. The van der Waals surface area contributed by atoms with E-state index in [-0.39, 0.29) is 11.5 Å². The lowest BCUT2D eigenvalue weighted by atomic mass is 10.1. The van der Waals surface area contributed by atoms with Crippen molar-refractivity contribution in [3.05, 3.63) is 29.8 Å². The molecule has 2 N–H and O–H groups in total. The van der Waals surface area contributed by atoms with Crippen LogP contribution in [0.4, 0.5) is 4.79 Å². The molecule has 0 saturated carbocycles. The fraction of sp³-hybridized carbons (Fsp3) is 0.429. The molecule has 1 amide bonds. The van der Waals surface area contributed by atoms with E-state index in [1.54, 1.807) is 39.8 Å². The Hall–Kier alpha value is -2.04. The highest BCUT2D eigenvalue weighted by molar-refractivity contribution is 6.01. The molecule has 1 aromatic rings. The highest BCUT2D eigenvalue weighted by Gasteiger charge is 2.21. The number of Topliss-reactive ketones (excluding diaryl/α,β-unsaturated/α-hetero) is 1. The summed E-state index contributed by atoms with van der Waals surface area (Å²) in [5, 5.41) is 11.8. The largest absolute Gasteiger partial charge is 0.508 e. The summed E-state index contributed by atoms with van der Waals surface area (Å²) in [6.45, 7) is 6.80. The van der Waals surface area contributed by atoms with Crippen molar-refractivity contribution in [2.24, 2.45) is 0 Å². The zero-order chi connectivity index (χ0) is 14.6. The molecule has 1 aromatic carbocycles. The SMILES string of the molecule is CC(NC(=O)OC(C)(C)C)C(=O)c1cccc(O)c1. The van der Waals surface area contributed by atoms with E-state index >= 15 is 0 Å². The number of phenolic OH excluding ortho intramolecular Hbond substituents is 1. The molecule has 1 unspecified atom stereocenters. The number of alkyl carbamates (subject to hydrolysis) is 1. The highest BCUT2D eigenvalue weighted by Crippen LogP contribution is 2.13. The zero-order valence-electron chi connectivity index (χ0n) is 11.6. The van der Waals surface area contributed by atoms with Crippen LogP contribution < -0.4 is 5.32 Å². The van der Waals surface area contributed by atoms with Gasteiger partial charge in [-0.3, -0.25) is 4.79 Å². The van der Waals surface area contributed by atoms with Crippen molar-refractivity contribution in [1.82, 2.24) is 5.32 Å². The Morgan fingerprint density at radius 2 is 1.95 bits per heavy atom. The van der Waals surface area contributed by atoms with E-state index in [0.29, 0.717) is 5.56 Å². The van der Waals surface area contributed by atoms with Gasteiger partial charge in [-0.05, 0) is 39.8 Å². The predicted molar refractivity (Wildman–Crippen MR) is 71.3 cm³/mol. The van der Waals surface area contributed by atoms with E-state index in [2.05, 4.69) is 5.32 Å². The van der Waals surface area contributed by atoms with Gasteiger partial charge in [0.2, 0.25) is 0 Å². The third-order valence-electron chi connectivity index (χ3n) is 2.26. The van der Waals surface area contributed by atoms with Crippen molar-refractivity contribution >= 4 is 11.9 Å². The average Bonchev–Trinajstić information content (AvgIpc) is 2.25. The molecule has 0 saturated heterocycles. The van der Waals surface area contributed by atoms with Crippen LogP contribution in [0.15, 0.2) is 24.3 Å². The first-order valence-corrected chi connectivity index (χ1v) is 6.02. The number of hydrogen-bond donors (Lipinski definition) is 2. The number of nitrogens with one attached hydrogen (secondary N) is 1. The Balaban J connectivity index is 2.66. The van der Waals surface area contributed by atoms with E-state index in [1.807, 2.05) is 0 Å². The van der Waals surface area contributed by atoms with Crippen molar-refractivity contribution in [1.29, 1.82) is 0 Å². The van der Waals surface area contributed by atoms with E-state index in [4.69, 9.17) is 4.74 Å². The molecule has 19 heavy (non-hydrogen) atoms. The van der Waals surface area contributed by atoms with Crippen LogP contribution in [0.1, 0.15) is 38.1 Å². The monoisotopic (exact) mass is 265 g/mol. The van der Waals surface area contributed by atoms with Gasteiger partial charge in [0.05, 0.1) is 6.04 Å². The molecule has 0 radical (unpaired) electrons. The fourth-order valence-electron chi connectivity index (χ4n) is 1.46. The van der Waals surface area contributed by atoms with Crippen LogP contribution >= 0.6 is 0 Å². The molecule has 0 fully saturated rings. The molecule has 1 rings (SSSR count). The van der Waals surface area contributed by atoms with Crippen molar-refractivity contribution in [3.63, 3.8) is 0 Å². The summed E-state index contributed by atoms with van der Waals surface area (Å²) >= 11 is 0. The minimum absolute atomic E-state index is 0.00955. The van der Waals surface area contributed by atoms with Crippen LogP contribution in [0, 0.1) is 0 Å². The molecular formula is C14H19NO4. The third-order valence-corrected chi connectivity index (χ3v) is 2.26. The lowest BCUT2D eigenvalue weighted by Crippen LogP contribution is -2.41. The molecule has 5 heteroatoms. The van der Waals surface area contributed by atoms with Crippen LogP contribution in [0.2, 0.25) is 0 Å². The zero-order valence-corrected chi connectivity index (χ0v) is 11.6. The van der Waals surface area contributed by atoms with Crippen LogP contribution in [-0.4, -0.2) is 28.6 Å². The Labute approximate surface area is 112 Å². The van der Waals surface area contributed by atoms with E-state index in [0.717, 1.165) is 0 Å². The van der Waals surface area contributed by atoms with Crippen LogP contribution in [0.25, 0.3) is 0 Å². The maximum absolute atomic E-state index is 12.0. The number of ether oxygens (including phenoxy) is 1. The summed E-state index contributed by atoms with van der Waals surface area (Å²) in [4.78, 5) is 23.6. The number of phenols is 1. The first kappa shape index (κ1) is 15.0. The Bertz CT molecular complexity index is 477. The van der Waals surface area contributed by atoms with Gasteiger partial charge in [0, 0.05) is 5.56 Å². The van der Waals surface area contributed by atoms with Crippen molar-refractivity contribution in [2.75, 3.05) is 0 Å². The molecule has 0 aliphatic rings. The van der Waals surface area contributed by atoms with Gasteiger partial charge < -0.3 is 15.2 Å². The second-order valence-electron chi connectivity index (χ2n) is 5.28. The lowest BCUT2D eigenvalue weighted by molar-refractivity contribution is 0.0497. The normalized spacial score (nSPS) is 12.6.